The molecule has 0 bridgehead atoms. The molecule has 3 rings (SSSR count). The summed E-state index contributed by atoms with van der Waals surface area (Å²) in [6.07, 6.45) is 1.94. The maximum Gasteiger partial charge on any atom is 0.237 e. The summed E-state index contributed by atoms with van der Waals surface area (Å²) in [5.41, 5.74) is 4.45. The molecule has 1 aliphatic rings. The second-order valence-electron chi connectivity index (χ2n) is 5.24. The minimum Gasteiger partial charge on any atom is -0.120 e. The van der Waals surface area contributed by atoms with E-state index < -0.39 is 16.1 Å². The molecule has 2 aromatic rings. The fourth-order valence-corrected chi connectivity index (χ4v) is 2.85. The fourth-order valence-electron chi connectivity index (χ4n) is 2.45. The van der Waals surface area contributed by atoms with E-state index in [0.717, 1.165) is 16.7 Å². The van der Waals surface area contributed by atoms with E-state index in [4.69, 9.17) is 0 Å². The van der Waals surface area contributed by atoms with Crippen LogP contribution in [0.3, 0.4) is 0 Å². The molecule has 2 aromatic carbocycles. The van der Waals surface area contributed by atoms with Gasteiger partial charge in [-0.15, -0.1) is 11.7 Å². The van der Waals surface area contributed by atoms with Crippen LogP contribution in [0.4, 0.5) is 11.7 Å². The summed E-state index contributed by atoms with van der Waals surface area (Å²) in [5, 5.41) is 0. The third-order valence-corrected chi connectivity index (χ3v) is 4.19. The topological polar surface area (TPSA) is 0 Å². The number of rotatable bonds is 2. The molecular weight excluding hydrogens is 305 g/mol. The van der Waals surface area contributed by atoms with Gasteiger partial charge in [0.15, 0.2) is 0 Å². The smallest absolute Gasteiger partial charge is 0.120 e. The van der Waals surface area contributed by atoms with E-state index >= 15 is 0 Å². The average molecular weight is 324 g/mol. The van der Waals surface area contributed by atoms with E-state index in [1.165, 1.54) is 18.1 Å². The Labute approximate surface area is 131 Å². The van der Waals surface area contributed by atoms with Crippen molar-refractivity contribution in [3.8, 4) is 11.1 Å². The molecule has 0 radical (unpaired) electrons. The van der Waals surface area contributed by atoms with Gasteiger partial charge in [-0.3, -0.25) is 0 Å². The second-order valence-corrected chi connectivity index (χ2v) is 6.55. The lowest BCUT2D eigenvalue weighted by atomic mass is 10.0. The summed E-state index contributed by atoms with van der Waals surface area (Å²) in [4.78, 5) is -0.703. The molecule has 0 saturated heterocycles. The van der Waals surface area contributed by atoms with Crippen LogP contribution in [0.2, 0.25) is 0 Å². The van der Waals surface area contributed by atoms with E-state index in [2.05, 4.69) is 20.4 Å². The first-order valence-electron chi connectivity index (χ1n) is 7.21. The van der Waals surface area contributed by atoms with Crippen LogP contribution in [0.5, 0.6) is 0 Å². The Hall–Kier alpha value is -1.68. The van der Waals surface area contributed by atoms with Gasteiger partial charge >= 0.3 is 0 Å². The van der Waals surface area contributed by atoms with Crippen molar-refractivity contribution in [1.82, 2.24) is 0 Å². The number of fused-ring (bicyclic) bond motifs is 3. The van der Waals surface area contributed by atoms with Gasteiger partial charge in [0.2, 0.25) is 11.2 Å². The van der Waals surface area contributed by atoms with Crippen molar-refractivity contribution in [3.63, 3.8) is 0 Å². The van der Waals surface area contributed by atoms with Crippen LogP contribution in [0, 0.1) is 0 Å². The summed E-state index contributed by atoms with van der Waals surface area (Å²) in [6, 6.07) is 12.8. The average Bonchev–Trinajstić information content (AvgIpc) is 2.83. The van der Waals surface area contributed by atoms with Crippen LogP contribution < -0.4 is 0 Å². The van der Waals surface area contributed by atoms with Crippen molar-refractivity contribution < 1.29 is 11.7 Å². The predicted molar refractivity (Wildman–Crippen MR) is 90.6 cm³/mol. The van der Waals surface area contributed by atoms with Crippen molar-refractivity contribution in [3.05, 3.63) is 65.7 Å². The number of benzene rings is 2. The summed E-state index contributed by atoms with van der Waals surface area (Å²) < 4.78 is 38.2. The highest BCUT2D eigenvalue weighted by Crippen LogP contribution is 2.63. The lowest BCUT2D eigenvalue weighted by molar-refractivity contribution is 0.656. The van der Waals surface area contributed by atoms with Gasteiger partial charge in [0, 0.05) is 0 Å². The molecule has 0 amide bonds. The van der Waals surface area contributed by atoms with Crippen LogP contribution in [-0.2, 0) is 6.42 Å². The Morgan fingerprint density at radius 1 is 1.00 bits per heavy atom. The quantitative estimate of drug-likeness (QED) is 0.471. The summed E-state index contributed by atoms with van der Waals surface area (Å²) >= 11 is -5.24. The number of hydrogen-bond acceptors (Lipinski definition) is 0. The second kappa shape index (κ2) is 6.61. The molecule has 0 fully saturated rings. The van der Waals surface area contributed by atoms with Gasteiger partial charge in [-0.05, 0) is 40.3 Å². The molecule has 0 heterocycles. The van der Waals surface area contributed by atoms with E-state index in [-0.39, 0.29) is 5.56 Å². The number of halogens is 3. The van der Waals surface area contributed by atoms with Crippen LogP contribution >= 0.6 is 11.2 Å². The minimum absolute atomic E-state index is 0.189. The maximum atomic E-state index is 12.7. The van der Waals surface area contributed by atoms with Crippen molar-refractivity contribution >= 4 is 16.1 Å². The molecule has 1 aliphatic carbocycles. The Morgan fingerprint density at radius 3 is 2.23 bits per heavy atom. The van der Waals surface area contributed by atoms with Crippen molar-refractivity contribution in [2.24, 2.45) is 0 Å². The zero-order valence-electron chi connectivity index (χ0n) is 12.7. The Morgan fingerprint density at radius 2 is 1.59 bits per heavy atom. The van der Waals surface area contributed by atoms with Gasteiger partial charge in [-0.1, -0.05) is 63.2 Å². The Kier molecular flexibility index (Phi) is 5.01. The molecule has 0 saturated carbocycles. The summed E-state index contributed by atoms with van der Waals surface area (Å²) in [5.74, 6) is 0. The van der Waals surface area contributed by atoms with E-state index in [1.807, 2.05) is 24.3 Å². The largest absolute Gasteiger partial charge is 0.237 e. The normalized spacial score (nSPS) is 12.8. The molecule has 0 aromatic heterocycles. The van der Waals surface area contributed by atoms with Crippen LogP contribution in [0.15, 0.2) is 49.0 Å². The van der Waals surface area contributed by atoms with Crippen LogP contribution in [-0.4, -0.2) is 0 Å². The monoisotopic (exact) mass is 324 g/mol. The minimum atomic E-state index is -5.24. The van der Waals surface area contributed by atoms with Crippen molar-refractivity contribution in [2.45, 2.75) is 26.7 Å². The molecule has 0 spiro atoms. The van der Waals surface area contributed by atoms with Gasteiger partial charge < -0.3 is 0 Å². The van der Waals surface area contributed by atoms with E-state index in [0.29, 0.717) is 6.42 Å². The molecule has 0 unspecified atom stereocenters. The van der Waals surface area contributed by atoms with Gasteiger partial charge in [-0.2, -0.15) is 0 Å². The van der Waals surface area contributed by atoms with Gasteiger partial charge in [0.1, 0.15) is 0 Å². The zero-order chi connectivity index (χ0) is 16.3. The Balaban J connectivity index is 0.000000545. The SMILES string of the molecule is C=C(c1ccc2c(c1)Cc1ccccc1-2)S(F)(F)F.CCC. The summed E-state index contributed by atoms with van der Waals surface area (Å²) in [7, 11) is 0. The molecule has 22 heavy (non-hydrogen) atoms. The first-order chi connectivity index (χ1) is 10.4. The highest BCUT2D eigenvalue weighted by molar-refractivity contribution is 8.28. The third kappa shape index (κ3) is 3.38. The lowest BCUT2D eigenvalue weighted by Gasteiger charge is -2.14. The molecule has 118 valence electrons. The van der Waals surface area contributed by atoms with Gasteiger partial charge in [-0.25, -0.2) is 0 Å². The molecule has 0 atom stereocenters. The van der Waals surface area contributed by atoms with E-state index in [1.54, 1.807) is 12.1 Å². The van der Waals surface area contributed by atoms with Crippen LogP contribution in [0.1, 0.15) is 37.0 Å². The fraction of sp³-hybridized carbons (Fsp3) is 0.222. The predicted octanol–water partition coefficient (Wildman–Crippen LogP) is 7.10. The van der Waals surface area contributed by atoms with Crippen molar-refractivity contribution in [2.75, 3.05) is 0 Å². The Bertz CT molecular complexity index is 687. The highest BCUT2D eigenvalue weighted by Gasteiger charge is 2.28. The first kappa shape index (κ1) is 16.7. The molecule has 0 nitrogen and oxygen atoms in total. The highest BCUT2D eigenvalue weighted by atomic mass is 32.3. The molecule has 0 aliphatic heterocycles. The lowest BCUT2D eigenvalue weighted by Crippen LogP contribution is -1.88. The number of hydrogen-bond donors (Lipinski definition) is 0. The maximum absolute atomic E-state index is 12.7. The summed E-state index contributed by atoms with van der Waals surface area (Å²) in [6.45, 7) is 7.43. The van der Waals surface area contributed by atoms with E-state index in [9.17, 15) is 11.7 Å². The molecule has 0 N–H and O–H groups in total. The molecule has 4 heteroatoms. The van der Waals surface area contributed by atoms with Crippen molar-refractivity contribution in [1.29, 1.82) is 0 Å². The van der Waals surface area contributed by atoms with Crippen LogP contribution in [0.25, 0.3) is 16.0 Å². The standard InChI is InChI=1S/C15H11F3S.C3H8/c1-10(19(16,17)18)11-6-7-15-13(8-11)9-12-4-2-3-5-14(12)15;1-3-2/h2-8H,1,9H2;3H2,1-2H3. The first-order valence-corrected chi connectivity index (χ1v) is 8.54. The zero-order valence-corrected chi connectivity index (χ0v) is 13.5. The van der Waals surface area contributed by atoms with Gasteiger partial charge in [0.25, 0.3) is 0 Å². The third-order valence-electron chi connectivity index (χ3n) is 3.40. The van der Waals surface area contributed by atoms with Gasteiger partial charge in [0.05, 0.1) is 4.91 Å². The molecular formula is C18H19F3S.